The summed E-state index contributed by atoms with van der Waals surface area (Å²) in [6, 6.07) is 13.6. The average molecular weight is 521 g/mol. The van der Waals surface area contributed by atoms with Gasteiger partial charge < -0.3 is 29.9 Å². The molecule has 0 spiro atoms. The fourth-order valence-corrected chi connectivity index (χ4v) is 3.91. The Morgan fingerprint density at radius 1 is 0.605 bits per heavy atom. The third-order valence-corrected chi connectivity index (χ3v) is 5.97. The van der Waals surface area contributed by atoms with Crippen molar-refractivity contribution in [1.29, 1.82) is 0 Å². The Balaban J connectivity index is 1.91. The minimum absolute atomic E-state index is 0.0784. The van der Waals surface area contributed by atoms with E-state index in [1.165, 1.54) is 24.0 Å². The number of allylic oxidation sites excluding steroid dienone is 2. The number of nitrogens with zero attached hydrogens (tertiary/aromatic N) is 2. The summed E-state index contributed by atoms with van der Waals surface area (Å²) in [4.78, 5) is 52.8. The number of carbonyl (C=O) groups is 4. The number of carbonyl (C=O) groups excluding carboxylic acids is 4. The molecule has 0 bridgehead atoms. The average Bonchev–Trinajstić information content (AvgIpc) is 2.92. The van der Waals surface area contributed by atoms with E-state index in [2.05, 4.69) is 10.6 Å². The standard InChI is InChI=1S/C28H32N4O6/c1-31(2)25(33)17-7-11-19(12-8-17)29-23-15-22(28(36)38-6)24(16-21(23)27(35)37-5)30-20-13-9-18(10-14-20)26(34)32(3)4/h7-14,29-30H,15-16H2,1-6H3. The zero-order valence-corrected chi connectivity index (χ0v) is 22.4. The molecule has 0 radical (unpaired) electrons. The lowest BCUT2D eigenvalue weighted by atomic mass is 9.92. The summed E-state index contributed by atoms with van der Waals surface area (Å²) in [6.07, 6.45) is 0.157. The van der Waals surface area contributed by atoms with Crippen molar-refractivity contribution in [2.75, 3.05) is 53.0 Å². The molecule has 0 fully saturated rings. The SMILES string of the molecule is COC(=O)C1=C(Nc2ccc(C(=O)N(C)C)cc2)CC(C(=O)OC)=C(Nc2ccc(C(=O)N(C)C)cc2)C1. The number of amides is 2. The van der Waals surface area contributed by atoms with Gasteiger partial charge in [-0.25, -0.2) is 9.59 Å². The van der Waals surface area contributed by atoms with Crippen molar-refractivity contribution in [1.82, 2.24) is 9.80 Å². The summed E-state index contributed by atoms with van der Waals surface area (Å²) >= 11 is 0. The van der Waals surface area contributed by atoms with Gasteiger partial charge in [0.25, 0.3) is 11.8 Å². The molecule has 1 aliphatic rings. The maximum atomic E-state index is 12.7. The molecule has 0 saturated heterocycles. The van der Waals surface area contributed by atoms with Crippen LogP contribution in [0.4, 0.5) is 11.4 Å². The Bertz CT molecular complexity index is 1190. The smallest absolute Gasteiger partial charge is 0.335 e. The summed E-state index contributed by atoms with van der Waals surface area (Å²) in [5.41, 5.74) is 3.98. The highest BCUT2D eigenvalue weighted by Crippen LogP contribution is 2.33. The second-order valence-corrected chi connectivity index (χ2v) is 9.05. The molecule has 0 atom stereocenters. The maximum absolute atomic E-state index is 12.7. The van der Waals surface area contributed by atoms with E-state index in [0.717, 1.165) is 0 Å². The first kappa shape index (κ1) is 28.0. The van der Waals surface area contributed by atoms with Gasteiger partial charge in [0, 0.05) is 74.9 Å². The van der Waals surface area contributed by atoms with Crippen molar-refractivity contribution < 1.29 is 28.7 Å². The lowest BCUT2D eigenvalue weighted by Crippen LogP contribution is -2.24. The first-order chi connectivity index (χ1) is 18.0. The highest BCUT2D eigenvalue weighted by Gasteiger charge is 2.30. The molecule has 10 nitrogen and oxygen atoms in total. The molecule has 0 heterocycles. The van der Waals surface area contributed by atoms with E-state index >= 15 is 0 Å². The topological polar surface area (TPSA) is 117 Å². The van der Waals surface area contributed by atoms with Crippen LogP contribution in [0.25, 0.3) is 0 Å². The molecule has 0 aromatic heterocycles. The van der Waals surface area contributed by atoms with Gasteiger partial charge in [-0.3, -0.25) is 9.59 Å². The Labute approximate surface area is 221 Å². The quantitative estimate of drug-likeness (QED) is 0.510. The van der Waals surface area contributed by atoms with Crippen molar-refractivity contribution in [3.8, 4) is 0 Å². The number of anilines is 2. The van der Waals surface area contributed by atoms with Gasteiger partial charge in [0.05, 0.1) is 25.4 Å². The van der Waals surface area contributed by atoms with E-state index in [0.29, 0.717) is 45.0 Å². The largest absolute Gasteiger partial charge is 0.466 e. The van der Waals surface area contributed by atoms with Gasteiger partial charge in [-0.2, -0.15) is 0 Å². The molecule has 0 saturated carbocycles. The number of rotatable bonds is 8. The van der Waals surface area contributed by atoms with Crippen molar-refractivity contribution >= 4 is 35.1 Å². The molecule has 1 aliphatic carbocycles. The highest BCUT2D eigenvalue weighted by atomic mass is 16.5. The van der Waals surface area contributed by atoms with Gasteiger partial charge in [-0.1, -0.05) is 0 Å². The number of esters is 2. The van der Waals surface area contributed by atoms with Crippen LogP contribution in [0.2, 0.25) is 0 Å². The van der Waals surface area contributed by atoms with Crippen molar-refractivity contribution in [3.05, 3.63) is 82.2 Å². The number of hydrogen-bond donors (Lipinski definition) is 2. The first-order valence-corrected chi connectivity index (χ1v) is 11.8. The summed E-state index contributed by atoms with van der Waals surface area (Å²) in [6.45, 7) is 0. The van der Waals surface area contributed by atoms with Crippen LogP contribution in [0.1, 0.15) is 33.6 Å². The van der Waals surface area contributed by atoms with Crippen LogP contribution in [0.5, 0.6) is 0 Å². The fraction of sp³-hybridized carbons (Fsp3) is 0.286. The summed E-state index contributed by atoms with van der Waals surface area (Å²) in [5.74, 6) is -1.34. The third kappa shape index (κ3) is 6.39. The number of benzene rings is 2. The zero-order chi connectivity index (χ0) is 28.0. The van der Waals surface area contributed by atoms with E-state index in [1.807, 2.05) is 0 Å². The predicted molar refractivity (Wildman–Crippen MR) is 143 cm³/mol. The molecule has 10 heteroatoms. The Hall–Kier alpha value is -4.60. The van der Waals surface area contributed by atoms with Gasteiger partial charge >= 0.3 is 11.9 Å². The minimum Gasteiger partial charge on any atom is -0.466 e. The third-order valence-electron chi connectivity index (χ3n) is 5.97. The molecule has 0 unspecified atom stereocenters. The summed E-state index contributed by atoms with van der Waals surface area (Å²) in [7, 11) is 9.28. The van der Waals surface area contributed by atoms with E-state index in [1.54, 1.807) is 76.7 Å². The second-order valence-electron chi connectivity index (χ2n) is 9.05. The van der Waals surface area contributed by atoms with Crippen molar-refractivity contribution in [2.45, 2.75) is 12.8 Å². The Kier molecular flexibility index (Phi) is 8.90. The fourth-order valence-electron chi connectivity index (χ4n) is 3.91. The van der Waals surface area contributed by atoms with E-state index in [9.17, 15) is 19.2 Å². The van der Waals surface area contributed by atoms with Gasteiger partial charge in [0.2, 0.25) is 0 Å². The van der Waals surface area contributed by atoms with Gasteiger partial charge in [-0.15, -0.1) is 0 Å². The summed E-state index contributed by atoms with van der Waals surface area (Å²) < 4.78 is 10.0. The number of ether oxygens (including phenoxy) is 2. The van der Waals surface area contributed by atoms with Gasteiger partial charge in [0.1, 0.15) is 0 Å². The number of methoxy groups -OCH3 is 2. The molecule has 2 amide bonds. The minimum atomic E-state index is -0.540. The van der Waals surface area contributed by atoms with Crippen molar-refractivity contribution in [3.63, 3.8) is 0 Å². The monoisotopic (exact) mass is 520 g/mol. The van der Waals surface area contributed by atoms with Crippen LogP contribution in [-0.2, 0) is 19.1 Å². The second kappa shape index (κ2) is 12.1. The van der Waals surface area contributed by atoms with Crippen LogP contribution < -0.4 is 10.6 Å². The first-order valence-electron chi connectivity index (χ1n) is 11.8. The molecular formula is C28H32N4O6. The van der Waals surface area contributed by atoms with Crippen LogP contribution in [0.15, 0.2) is 71.1 Å². The normalized spacial score (nSPS) is 13.0. The Morgan fingerprint density at radius 2 is 0.921 bits per heavy atom. The number of hydrogen-bond acceptors (Lipinski definition) is 8. The molecule has 2 aromatic carbocycles. The molecule has 2 N–H and O–H groups in total. The van der Waals surface area contributed by atoms with Gasteiger partial charge in [-0.05, 0) is 48.5 Å². The van der Waals surface area contributed by atoms with Crippen LogP contribution >= 0.6 is 0 Å². The number of nitrogens with one attached hydrogen (secondary N) is 2. The molecule has 200 valence electrons. The lowest BCUT2D eigenvalue weighted by Gasteiger charge is -2.26. The van der Waals surface area contributed by atoms with E-state index in [-0.39, 0.29) is 24.7 Å². The zero-order valence-electron chi connectivity index (χ0n) is 22.4. The van der Waals surface area contributed by atoms with Crippen LogP contribution in [0, 0.1) is 0 Å². The predicted octanol–water partition coefficient (Wildman–Crippen LogP) is 3.26. The molecule has 0 aliphatic heterocycles. The maximum Gasteiger partial charge on any atom is 0.335 e. The lowest BCUT2D eigenvalue weighted by molar-refractivity contribution is -0.137. The van der Waals surface area contributed by atoms with E-state index < -0.39 is 11.9 Å². The molecule has 2 aromatic rings. The van der Waals surface area contributed by atoms with Crippen LogP contribution in [0.3, 0.4) is 0 Å². The molecule has 38 heavy (non-hydrogen) atoms. The van der Waals surface area contributed by atoms with Crippen molar-refractivity contribution in [2.24, 2.45) is 0 Å². The Morgan fingerprint density at radius 3 is 1.18 bits per heavy atom. The summed E-state index contributed by atoms with van der Waals surface area (Å²) in [5, 5.41) is 6.41. The van der Waals surface area contributed by atoms with E-state index in [4.69, 9.17) is 9.47 Å². The highest BCUT2D eigenvalue weighted by molar-refractivity contribution is 5.97. The molecular weight excluding hydrogens is 488 g/mol. The molecule has 3 rings (SSSR count). The van der Waals surface area contributed by atoms with Gasteiger partial charge in [0.15, 0.2) is 0 Å². The van der Waals surface area contributed by atoms with Crippen LogP contribution in [-0.4, -0.2) is 76.0 Å².